The van der Waals surface area contributed by atoms with Crippen molar-refractivity contribution in [3.05, 3.63) is 64.5 Å². The molecule has 0 spiro atoms. The molecule has 0 aliphatic carbocycles. The largest absolute Gasteiger partial charge is 0.298 e. The Bertz CT molecular complexity index is 931. The van der Waals surface area contributed by atoms with Crippen molar-refractivity contribution in [3.63, 3.8) is 0 Å². The number of hydrogen-bond donors (Lipinski definition) is 1. The van der Waals surface area contributed by atoms with Crippen LogP contribution in [0.5, 0.6) is 0 Å². The van der Waals surface area contributed by atoms with E-state index in [-0.39, 0.29) is 5.91 Å². The van der Waals surface area contributed by atoms with Crippen molar-refractivity contribution in [2.24, 2.45) is 0 Å². The van der Waals surface area contributed by atoms with Gasteiger partial charge in [0.1, 0.15) is 0 Å². The Hall–Kier alpha value is -2.11. The van der Waals surface area contributed by atoms with Gasteiger partial charge in [-0.15, -0.1) is 23.1 Å². The summed E-state index contributed by atoms with van der Waals surface area (Å²) >= 11 is 3.19. The van der Waals surface area contributed by atoms with E-state index >= 15 is 0 Å². The van der Waals surface area contributed by atoms with Gasteiger partial charge in [-0.3, -0.25) is 10.1 Å². The Morgan fingerprint density at radius 1 is 1.15 bits per heavy atom. The fourth-order valence-electron chi connectivity index (χ4n) is 2.71. The van der Waals surface area contributed by atoms with E-state index in [4.69, 9.17) is 0 Å². The van der Waals surface area contributed by atoms with E-state index in [1.807, 2.05) is 29.6 Å². The zero-order valence-corrected chi connectivity index (χ0v) is 17.0. The smallest absolute Gasteiger partial charge is 0.257 e. The second-order valence-electron chi connectivity index (χ2n) is 6.50. The third-order valence-electron chi connectivity index (χ3n) is 3.85. The van der Waals surface area contributed by atoms with Crippen molar-refractivity contribution in [1.82, 2.24) is 4.98 Å². The summed E-state index contributed by atoms with van der Waals surface area (Å²) in [6.07, 6.45) is 0. The zero-order chi connectivity index (χ0) is 18.7. The van der Waals surface area contributed by atoms with Crippen LogP contribution in [0.4, 0.5) is 5.13 Å². The van der Waals surface area contributed by atoms with Gasteiger partial charge in [-0.1, -0.05) is 43.7 Å². The number of carbonyl (C=O) groups excluding carboxylic acids is 1. The molecule has 0 aliphatic heterocycles. The zero-order valence-electron chi connectivity index (χ0n) is 15.4. The number of aromatic nitrogens is 1. The van der Waals surface area contributed by atoms with Gasteiger partial charge in [0.2, 0.25) is 0 Å². The molecule has 0 saturated heterocycles. The van der Waals surface area contributed by atoms with Crippen molar-refractivity contribution in [2.75, 3.05) is 5.32 Å². The second-order valence-corrected chi connectivity index (χ2v) is 9.01. The third kappa shape index (κ3) is 4.54. The first-order chi connectivity index (χ1) is 12.4. The normalized spacial score (nSPS) is 11.0. The minimum absolute atomic E-state index is 0.127. The van der Waals surface area contributed by atoms with E-state index < -0.39 is 0 Å². The summed E-state index contributed by atoms with van der Waals surface area (Å²) in [7, 11) is 0. The van der Waals surface area contributed by atoms with Crippen LogP contribution in [0.1, 0.15) is 35.3 Å². The van der Waals surface area contributed by atoms with Crippen LogP contribution < -0.4 is 5.32 Å². The van der Waals surface area contributed by atoms with E-state index in [0.717, 1.165) is 16.2 Å². The molecule has 1 heterocycles. The number of nitrogens with zero attached hydrogens (tertiary/aromatic N) is 1. The molecule has 0 atom stereocenters. The average molecular weight is 383 g/mol. The first-order valence-corrected chi connectivity index (χ1v) is 10.3. The molecular formula is C21H22N2OS2. The number of thioether (sulfide) groups is 1. The molecule has 1 N–H and O–H groups in total. The van der Waals surface area contributed by atoms with Gasteiger partial charge in [-0.25, -0.2) is 4.98 Å². The predicted octanol–water partition coefficient (Wildman–Crippen LogP) is 6.18. The Kier molecular flexibility index (Phi) is 5.79. The Balaban J connectivity index is 1.76. The molecular weight excluding hydrogens is 360 g/mol. The minimum Gasteiger partial charge on any atom is -0.298 e. The molecule has 134 valence electrons. The molecule has 3 aromatic rings. The van der Waals surface area contributed by atoms with Gasteiger partial charge in [0.05, 0.1) is 5.69 Å². The number of hydrogen-bond acceptors (Lipinski definition) is 4. The summed E-state index contributed by atoms with van der Waals surface area (Å²) in [5.41, 5.74) is 5.06. The number of benzene rings is 2. The molecule has 3 rings (SSSR count). The first-order valence-electron chi connectivity index (χ1n) is 8.53. The minimum atomic E-state index is -0.127. The highest BCUT2D eigenvalue weighted by atomic mass is 32.2. The number of aryl methyl sites for hydroxylation is 2. The van der Waals surface area contributed by atoms with Crippen molar-refractivity contribution in [1.29, 1.82) is 0 Å². The Labute approximate surface area is 162 Å². The van der Waals surface area contributed by atoms with Gasteiger partial charge in [0.15, 0.2) is 5.13 Å². The molecule has 1 amide bonds. The van der Waals surface area contributed by atoms with E-state index in [0.29, 0.717) is 15.9 Å². The monoisotopic (exact) mass is 382 g/mol. The van der Waals surface area contributed by atoms with Crippen LogP contribution in [0.3, 0.4) is 0 Å². The summed E-state index contributed by atoms with van der Waals surface area (Å²) in [5, 5.41) is 6.00. The molecule has 0 radical (unpaired) electrons. The predicted molar refractivity (Wildman–Crippen MR) is 112 cm³/mol. The van der Waals surface area contributed by atoms with E-state index in [2.05, 4.69) is 56.2 Å². The quantitative estimate of drug-likeness (QED) is 0.536. The van der Waals surface area contributed by atoms with Gasteiger partial charge < -0.3 is 0 Å². The molecule has 2 aromatic carbocycles. The molecule has 3 nitrogen and oxygen atoms in total. The number of rotatable bonds is 5. The first kappa shape index (κ1) is 18.7. The lowest BCUT2D eigenvalue weighted by Crippen LogP contribution is -2.11. The SMILES string of the molecule is Cc1ccc(-c2csc(NC(=O)c3cccc(SC(C)C)c3)n2)c(C)c1. The van der Waals surface area contributed by atoms with Crippen molar-refractivity contribution < 1.29 is 4.79 Å². The summed E-state index contributed by atoms with van der Waals surface area (Å²) in [4.78, 5) is 18.2. The fourth-order valence-corrected chi connectivity index (χ4v) is 4.31. The molecule has 0 bridgehead atoms. The lowest BCUT2D eigenvalue weighted by atomic mass is 10.0. The summed E-state index contributed by atoms with van der Waals surface area (Å²) < 4.78 is 0. The van der Waals surface area contributed by atoms with E-state index in [1.165, 1.54) is 22.5 Å². The molecule has 1 aromatic heterocycles. The lowest BCUT2D eigenvalue weighted by Gasteiger charge is -2.07. The number of nitrogens with one attached hydrogen (secondary N) is 1. The van der Waals surface area contributed by atoms with Crippen LogP contribution >= 0.6 is 23.1 Å². The van der Waals surface area contributed by atoms with Crippen LogP contribution in [-0.4, -0.2) is 16.1 Å². The van der Waals surface area contributed by atoms with Crippen LogP contribution in [0.15, 0.2) is 52.7 Å². The standard InChI is InChI=1S/C21H22N2OS2/c1-13(2)26-17-7-5-6-16(11-17)20(24)23-21-22-19(12-25-21)18-9-8-14(3)10-15(18)4/h5-13H,1-4H3,(H,22,23,24). The number of amides is 1. The van der Waals surface area contributed by atoms with Gasteiger partial charge in [-0.05, 0) is 37.6 Å². The fraction of sp³-hybridized carbons (Fsp3) is 0.238. The third-order valence-corrected chi connectivity index (χ3v) is 5.61. The molecule has 0 unspecified atom stereocenters. The highest BCUT2D eigenvalue weighted by Crippen LogP contribution is 2.29. The van der Waals surface area contributed by atoms with Crippen LogP contribution in [0.2, 0.25) is 0 Å². The lowest BCUT2D eigenvalue weighted by molar-refractivity contribution is 0.102. The van der Waals surface area contributed by atoms with Crippen molar-refractivity contribution >= 4 is 34.1 Å². The van der Waals surface area contributed by atoms with Crippen LogP contribution in [-0.2, 0) is 0 Å². The van der Waals surface area contributed by atoms with E-state index in [1.54, 1.807) is 11.8 Å². The molecule has 0 saturated carbocycles. The summed E-state index contributed by atoms with van der Waals surface area (Å²) in [5.74, 6) is -0.127. The Morgan fingerprint density at radius 2 is 1.96 bits per heavy atom. The number of anilines is 1. The molecule has 0 aliphatic rings. The highest BCUT2D eigenvalue weighted by Gasteiger charge is 2.12. The molecule has 5 heteroatoms. The Morgan fingerprint density at radius 3 is 2.69 bits per heavy atom. The molecule has 26 heavy (non-hydrogen) atoms. The second kappa shape index (κ2) is 8.06. The average Bonchev–Trinajstić information content (AvgIpc) is 3.02. The number of thiazole rings is 1. The topological polar surface area (TPSA) is 42.0 Å². The molecule has 0 fully saturated rings. The van der Waals surface area contributed by atoms with Crippen molar-refractivity contribution in [2.45, 2.75) is 37.8 Å². The highest BCUT2D eigenvalue weighted by molar-refractivity contribution is 7.99. The van der Waals surface area contributed by atoms with Gasteiger partial charge in [0.25, 0.3) is 5.91 Å². The van der Waals surface area contributed by atoms with Crippen LogP contribution in [0.25, 0.3) is 11.3 Å². The summed E-state index contributed by atoms with van der Waals surface area (Å²) in [6.45, 7) is 8.44. The number of carbonyl (C=O) groups is 1. The summed E-state index contributed by atoms with van der Waals surface area (Å²) in [6, 6.07) is 14.0. The van der Waals surface area contributed by atoms with Crippen LogP contribution in [0, 0.1) is 13.8 Å². The van der Waals surface area contributed by atoms with Gasteiger partial charge in [-0.2, -0.15) is 0 Å². The van der Waals surface area contributed by atoms with Crippen molar-refractivity contribution in [3.8, 4) is 11.3 Å². The van der Waals surface area contributed by atoms with Gasteiger partial charge in [0, 0.05) is 26.7 Å². The maximum absolute atomic E-state index is 12.6. The van der Waals surface area contributed by atoms with E-state index in [9.17, 15) is 4.79 Å². The maximum Gasteiger partial charge on any atom is 0.257 e. The van der Waals surface area contributed by atoms with Gasteiger partial charge >= 0.3 is 0 Å². The maximum atomic E-state index is 12.6.